The maximum Gasteiger partial charge on any atom is 0.320 e. The summed E-state index contributed by atoms with van der Waals surface area (Å²) < 4.78 is 0. The molecule has 0 spiro atoms. The van der Waals surface area contributed by atoms with Crippen molar-refractivity contribution in [2.24, 2.45) is 17.2 Å². The van der Waals surface area contributed by atoms with E-state index in [-0.39, 0.29) is 6.17 Å². The minimum absolute atomic E-state index is 0.365. The first-order valence-electron chi connectivity index (χ1n) is 3.53. The van der Waals surface area contributed by atoms with Gasteiger partial charge in [-0.15, -0.1) is 0 Å². The first-order chi connectivity index (χ1) is 5.04. The lowest BCUT2D eigenvalue weighted by Gasteiger charge is -2.07. The number of carboxylic acid groups (broad SMARTS) is 1. The van der Waals surface area contributed by atoms with E-state index in [1.165, 1.54) is 0 Å². The van der Waals surface area contributed by atoms with E-state index in [0.717, 1.165) is 0 Å². The summed E-state index contributed by atoms with van der Waals surface area (Å²) in [7, 11) is 0. The predicted molar refractivity (Wildman–Crippen MR) is 41.6 cm³/mol. The Hall–Kier alpha value is -0.650. The van der Waals surface area contributed by atoms with Crippen LogP contribution in [0.1, 0.15) is 19.3 Å². The van der Waals surface area contributed by atoms with Gasteiger partial charge in [-0.3, -0.25) is 4.79 Å². The van der Waals surface area contributed by atoms with Gasteiger partial charge in [0.05, 0.1) is 6.17 Å². The van der Waals surface area contributed by atoms with Crippen LogP contribution in [0.2, 0.25) is 0 Å². The molecule has 7 N–H and O–H groups in total. The van der Waals surface area contributed by atoms with Crippen molar-refractivity contribution in [3.8, 4) is 0 Å². The fourth-order valence-corrected chi connectivity index (χ4v) is 0.697. The molecule has 0 unspecified atom stereocenters. The van der Waals surface area contributed by atoms with Crippen LogP contribution in [0.25, 0.3) is 0 Å². The van der Waals surface area contributed by atoms with Crippen molar-refractivity contribution in [3.05, 3.63) is 0 Å². The molecule has 0 aliphatic rings. The molecule has 5 heteroatoms. The van der Waals surface area contributed by atoms with E-state index in [0.29, 0.717) is 19.3 Å². The van der Waals surface area contributed by atoms with E-state index in [1.54, 1.807) is 0 Å². The van der Waals surface area contributed by atoms with Gasteiger partial charge in [-0.1, -0.05) is 0 Å². The Labute approximate surface area is 65.5 Å². The SMILES string of the molecule is NC(N)CCC[C@@H](N)C(=O)O. The van der Waals surface area contributed by atoms with Crippen molar-refractivity contribution < 1.29 is 9.90 Å². The molecule has 0 aromatic rings. The second-order valence-electron chi connectivity index (χ2n) is 2.54. The van der Waals surface area contributed by atoms with Crippen LogP contribution in [-0.4, -0.2) is 23.3 Å². The molecule has 0 saturated carbocycles. The lowest BCUT2D eigenvalue weighted by molar-refractivity contribution is -0.138. The van der Waals surface area contributed by atoms with Gasteiger partial charge in [0.2, 0.25) is 0 Å². The molecule has 0 heterocycles. The first kappa shape index (κ1) is 10.3. The Morgan fingerprint density at radius 3 is 2.18 bits per heavy atom. The summed E-state index contributed by atoms with van der Waals surface area (Å²) >= 11 is 0. The van der Waals surface area contributed by atoms with Crippen molar-refractivity contribution in [2.75, 3.05) is 0 Å². The van der Waals surface area contributed by atoms with Crippen molar-refractivity contribution in [2.45, 2.75) is 31.5 Å². The molecule has 1 atom stereocenters. The molecule has 0 radical (unpaired) electrons. The highest BCUT2D eigenvalue weighted by molar-refractivity contribution is 5.72. The summed E-state index contributed by atoms with van der Waals surface area (Å²) in [4.78, 5) is 10.2. The molecule has 0 saturated heterocycles. The Morgan fingerprint density at radius 2 is 1.82 bits per heavy atom. The van der Waals surface area contributed by atoms with E-state index in [9.17, 15) is 4.79 Å². The van der Waals surface area contributed by atoms with E-state index in [4.69, 9.17) is 22.3 Å². The lowest BCUT2D eigenvalue weighted by atomic mass is 10.1. The largest absolute Gasteiger partial charge is 0.480 e. The van der Waals surface area contributed by atoms with E-state index < -0.39 is 12.0 Å². The predicted octanol–water partition coefficient (Wildman–Crippen LogP) is -1.19. The normalized spacial score (nSPS) is 13.5. The Morgan fingerprint density at radius 1 is 1.27 bits per heavy atom. The van der Waals surface area contributed by atoms with Gasteiger partial charge in [0.15, 0.2) is 0 Å². The van der Waals surface area contributed by atoms with Crippen LogP contribution in [0, 0.1) is 0 Å². The molecule has 0 aliphatic heterocycles. The fourth-order valence-electron chi connectivity index (χ4n) is 0.697. The van der Waals surface area contributed by atoms with Gasteiger partial charge in [0, 0.05) is 0 Å². The summed E-state index contributed by atoms with van der Waals surface area (Å²) in [6.45, 7) is 0. The van der Waals surface area contributed by atoms with Gasteiger partial charge < -0.3 is 22.3 Å². The molecule has 5 nitrogen and oxygen atoms in total. The van der Waals surface area contributed by atoms with E-state index in [1.807, 2.05) is 0 Å². The van der Waals surface area contributed by atoms with Gasteiger partial charge in [-0.25, -0.2) is 0 Å². The smallest absolute Gasteiger partial charge is 0.320 e. The number of carboxylic acids is 1. The summed E-state index contributed by atoms with van der Waals surface area (Å²) in [6, 6.07) is -0.784. The van der Waals surface area contributed by atoms with E-state index in [2.05, 4.69) is 0 Å². The van der Waals surface area contributed by atoms with Crippen LogP contribution < -0.4 is 17.2 Å². The van der Waals surface area contributed by atoms with E-state index >= 15 is 0 Å². The summed E-state index contributed by atoms with van der Waals surface area (Å²) in [5.74, 6) is -0.976. The third-order valence-corrected chi connectivity index (χ3v) is 1.37. The molecule has 0 aromatic carbocycles. The zero-order valence-corrected chi connectivity index (χ0v) is 6.36. The summed E-state index contributed by atoms with van der Waals surface area (Å²) in [6.07, 6.45) is 1.34. The molecule has 66 valence electrons. The number of nitrogens with two attached hydrogens (primary N) is 3. The van der Waals surface area contributed by atoms with Crippen molar-refractivity contribution in [1.82, 2.24) is 0 Å². The maximum atomic E-state index is 10.2. The van der Waals surface area contributed by atoms with Gasteiger partial charge in [0.25, 0.3) is 0 Å². The monoisotopic (exact) mass is 161 g/mol. The van der Waals surface area contributed by atoms with Gasteiger partial charge in [-0.05, 0) is 19.3 Å². The molecule has 0 aliphatic carbocycles. The lowest BCUT2D eigenvalue weighted by Crippen LogP contribution is -2.33. The Bertz CT molecular complexity index is 127. The van der Waals surface area contributed by atoms with Gasteiger partial charge in [0.1, 0.15) is 6.04 Å². The number of aliphatic carboxylic acids is 1. The fraction of sp³-hybridized carbons (Fsp3) is 0.833. The zero-order valence-electron chi connectivity index (χ0n) is 6.36. The highest BCUT2D eigenvalue weighted by atomic mass is 16.4. The first-order valence-corrected chi connectivity index (χ1v) is 3.53. The van der Waals surface area contributed by atoms with Gasteiger partial charge in [-0.2, -0.15) is 0 Å². The van der Waals surface area contributed by atoms with Crippen LogP contribution in [0.3, 0.4) is 0 Å². The Balaban J connectivity index is 3.31. The molecule has 0 fully saturated rings. The van der Waals surface area contributed by atoms with Crippen molar-refractivity contribution in [3.63, 3.8) is 0 Å². The average molecular weight is 161 g/mol. The molecule has 0 aromatic heterocycles. The minimum Gasteiger partial charge on any atom is -0.480 e. The van der Waals surface area contributed by atoms with Crippen LogP contribution in [0.15, 0.2) is 0 Å². The number of rotatable bonds is 5. The molecular weight excluding hydrogens is 146 g/mol. The summed E-state index contributed by atoms with van der Waals surface area (Å²) in [5.41, 5.74) is 15.7. The molecule has 11 heavy (non-hydrogen) atoms. The number of hydrogen-bond donors (Lipinski definition) is 4. The second kappa shape index (κ2) is 5.06. The van der Waals surface area contributed by atoms with Crippen LogP contribution >= 0.6 is 0 Å². The molecule has 0 amide bonds. The van der Waals surface area contributed by atoms with Crippen LogP contribution in [0.5, 0.6) is 0 Å². The standard InChI is InChI=1S/C6H15N3O2/c7-4(6(10)11)2-1-3-5(8)9/h4-5H,1-3,7-9H2,(H,10,11)/t4-/m1/s1. The molecule has 0 bridgehead atoms. The second-order valence-corrected chi connectivity index (χ2v) is 2.54. The minimum atomic E-state index is -0.976. The maximum absolute atomic E-state index is 10.2. The van der Waals surface area contributed by atoms with Gasteiger partial charge >= 0.3 is 5.97 Å². The molecular formula is C6H15N3O2. The highest BCUT2D eigenvalue weighted by Crippen LogP contribution is 1.98. The number of carbonyl (C=O) groups is 1. The topological polar surface area (TPSA) is 115 Å². The average Bonchev–Trinajstić information content (AvgIpc) is 1.86. The van der Waals surface area contributed by atoms with Crippen LogP contribution in [0.4, 0.5) is 0 Å². The van der Waals surface area contributed by atoms with Crippen LogP contribution in [-0.2, 0) is 4.79 Å². The quantitative estimate of drug-likeness (QED) is 0.378. The highest BCUT2D eigenvalue weighted by Gasteiger charge is 2.10. The zero-order chi connectivity index (χ0) is 8.85. The Kier molecular flexibility index (Phi) is 4.76. The third-order valence-electron chi connectivity index (χ3n) is 1.37. The summed E-state index contributed by atoms with van der Waals surface area (Å²) in [5, 5.41) is 8.36. The molecule has 0 rings (SSSR count). The third kappa shape index (κ3) is 5.78. The van der Waals surface area contributed by atoms with Crippen molar-refractivity contribution in [1.29, 1.82) is 0 Å². The number of hydrogen-bond acceptors (Lipinski definition) is 4. The van der Waals surface area contributed by atoms with Crippen molar-refractivity contribution >= 4 is 5.97 Å².